The lowest BCUT2D eigenvalue weighted by Crippen LogP contribution is -2.26. The number of aliphatic hydroxyl groups excluding tert-OH is 1. The highest BCUT2D eigenvalue weighted by atomic mass is 16.3. The largest absolute Gasteiger partial charge is 0.394 e. The molecule has 0 spiro atoms. The molecule has 0 aliphatic carbocycles. The lowest BCUT2D eigenvalue weighted by atomic mass is 9.88. The molecule has 0 saturated carbocycles. The molecule has 1 atom stereocenters. The second-order valence-corrected chi connectivity index (χ2v) is 6.34. The fourth-order valence-corrected chi connectivity index (χ4v) is 1.88. The molecule has 3 nitrogen and oxygen atoms in total. The lowest BCUT2D eigenvalue weighted by Gasteiger charge is -2.21. The average molecular weight is 250 g/mol. The summed E-state index contributed by atoms with van der Waals surface area (Å²) in [4.78, 5) is 4.42. The van der Waals surface area contributed by atoms with Gasteiger partial charge in [0.15, 0.2) is 0 Å². The molecule has 3 heteroatoms. The van der Waals surface area contributed by atoms with Gasteiger partial charge in [-0.25, -0.2) is 4.98 Å². The van der Waals surface area contributed by atoms with Crippen molar-refractivity contribution in [2.45, 2.75) is 52.5 Å². The maximum atomic E-state index is 9.33. The summed E-state index contributed by atoms with van der Waals surface area (Å²) in [7, 11) is 0. The highest BCUT2D eigenvalue weighted by Crippen LogP contribution is 2.22. The van der Waals surface area contributed by atoms with Gasteiger partial charge < -0.3 is 10.4 Å². The normalized spacial score (nSPS) is 13.7. The molecule has 0 radical (unpaired) electrons. The van der Waals surface area contributed by atoms with Crippen molar-refractivity contribution in [3.8, 4) is 0 Å². The summed E-state index contributed by atoms with van der Waals surface area (Å²) in [5.74, 6) is 1.39. The number of anilines is 1. The van der Waals surface area contributed by atoms with E-state index in [1.807, 2.05) is 12.3 Å². The second-order valence-electron chi connectivity index (χ2n) is 6.34. The molecular formula is C15H26N2O. The van der Waals surface area contributed by atoms with Gasteiger partial charge in [-0.05, 0) is 29.4 Å². The Hall–Kier alpha value is -1.09. The number of hydrogen-bond donors (Lipinski definition) is 2. The van der Waals surface area contributed by atoms with E-state index in [1.54, 1.807) is 0 Å². The van der Waals surface area contributed by atoms with E-state index in [0.717, 1.165) is 12.2 Å². The summed E-state index contributed by atoms with van der Waals surface area (Å²) >= 11 is 0. The minimum atomic E-state index is 0.0815. The fraction of sp³-hybridized carbons (Fsp3) is 0.667. The van der Waals surface area contributed by atoms with E-state index >= 15 is 0 Å². The molecule has 18 heavy (non-hydrogen) atoms. The van der Waals surface area contributed by atoms with Crippen LogP contribution in [0.1, 0.15) is 46.6 Å². The zero-order valence-electron chi connectivity index (χ0n) is 12.2. The van der Waals surface area contributed by atoms with Crippen LogP contribution in [-0.4, -0.2) is 22.7 Å². The number of hydrogen-bond acceptors (Lipinski definition) is 3. The summed E-state index contributed by atoms with van der Waals surface area (Å²) in [6.07, 6.45) is 2.85. The van der Waals surface area contributed by atoms with Gasteiger partial charge in [-0.1, -0.05) is 40.7 Å². The van der Waals surface area contributed by atoms with Gasteiger partial charge in [-0.2, -0.15) is 0 Å². The predicted octanol–water partition coefficient (Wildman–Crippen LogP) is 3.20. The van der Waals surface area contributed by atoms with Gasteiger partial charge in [0, 0.05) is 6.20 Å². The Balaban J connectivity index is 2.68. The summed E-state index contributed by atoms with van der Waals surface area (Å²) < 4.78 is 0. The molecule has 102 valence electrons. The number of rotatable bonds is 5. The van der Waals surface area contributed by atoms with Crippen molar-refractivity contribution >= 4 is 5.82 Å². The van der Waals surface area contributed by atoms with Crippen molar-refractivity contribution in [1.29, 1.82) is 0 Å². The lowest BCUT2D eigenvalue weighted by molar-refractivity contribution is 0.259. The predicted molar refractivity (Wildman–Crippen MR) is 76.9 cm³/mol. The molecule has 1 aromatic heterocycles. The van der Waals surface area contributed by atoms with E-state index < -0.39 is 0 Å². The molecule has 0 saturated heterocycles. The molecule has 0 aliphatic rings. The molecular weight excluding hydrogens is 224 g/mol. The van der Waals surface area contributed by atoms with Crippen molar-refractivity contribution < 1.29 is 5.11 Å². The smallest absolute Gasteiger partial charge is 0.126 e. The van der Waals surface area contributed by atoms with Crippen LogP contribution in [0.5, 0.6) is 0 Å². The van der Waals surface area contributed by atoms with E-state index in [2.05, 4.69) is 51.0 Å². The van der Waals surface area contributed by atoms with E-state index in [4.69, 9.17) is 0 Å². The van der Waals surface area contributed by atoms with Crippen molar-refractivity contribution in [3.05, 3.63) is 23.9 Å². The summed E-state index contributed by atoms with van der Waals surface area (Å²) in [5, 5.41) is 12.6. The third kappa shape index (κ3) is 4.65. The molecule has 2 N–H and O–H groups in total. The third-order valence-electron chi connectivity index (χ3n) is 2.96. The van der Waals surface area contributed by atoms with Crippen LogP contribution in [0.3, 0.4) is 0 Å². The second kappa shape index (κ2) is 6.19. The van der Waals surface area contributed by atoms with E-state index in [9.17, 15) is 5.11 Å². The van der Waals surface area contributed by atoms with Crippen LogP contribution >= 0.6 is 0 Å². The number of aromatic nitrogens is 1. The van der Waals surface area contributed by atoms with Crippen LogP contribution < -0.4 is 5.32 Å². The minimum absolute atomic E-state index is 0.0815. The Morgan fingerprint density at radius 2 is 1.94 bits per heavy atom. The van der Waals surface area contributed by atoms with Crippen molar-refractivity contribution in [1.82, 2.24) is 4.98 Å². The van der Waals surface area contributed by atoms with Gasteiger partial charge >= 0.3 is 0 Å². The fourth-order valence-electron chi connectivity index (χ4n) is 1.88. The Labute approximate surface area is 111 Å². The number of aliphatic hydroxyl groups is 1. The Bertz CT molecular complexity index is 352. The SMILES string of the molecule is CC(C)CC(CO)Nc1ccc(C(C)(C)C)cn1. The van der Waals surface area contributed by atoms with Gasteiger partial charge in [0.25, 0.3) is 0 Å². The summed E-state index contributed by atoms with van der Waals surface area (Å²) in [6.45, 7) is 11.0. The van der Waals surface area contributed by atoms with Gasteiger partial charge in [0.05, 0.1) is 12.6 Å². The molecule has 1 rings (SSSR count). The standard InChI is InChI=1S/C15H26N2O/c1-11(2)8-13(10-18)17-14-7-6-12(9-16-14)15(3,4)5/h6-7,9,11,13,18H,8,10H2,1-5H3,(H,16,17). The van der Waals surface area contributed by atoms with E-state index in [-0.39, 0.29) is 18.1 Å². The summed E-state index contributed by atoms with van der Waals surface area (Å²) in [5.41, 5.74) is 1.34. The topological polar surface area (TPSA) is 45.1 Å². The molecule has 1 aromatic rings. The summed E-state index contributed by atoms with van der Waals surface area (Å²) in [6, 6.07) is 4.17. The third-order valence-corrected chi connectivity index (χ3v) is 2.96. The zero-order chi connectivity index (χ0) is 13.8. The van der Waals surface area contributed by atoms with Crippen molar-refractivity contribution in [3.63, 3.8) is 0 Å². The van der Waals surface area contributed by atoms with Crippen LogP contribution in [-0.2, 0) is 5.41 Å². The van der Waals surface area contributed by atoms with Crippen LogP contribution in [0.15, 0.2) is 18.3 Å². The first-order valence-corrected chi connectivity index (χ1v) is 6.67. The highest BCUT2D eigenvalue weighted by molar-refractivity contribution is 5.38. The van der Waals surface area contributed by atoms with Gasteiger partial charge in [-0.3, -0.25) is 0 Å². The molecule has 0 bridgehead atoms. The first kappa shape index (κ1) is 15.0. The highest BCUT2D eigenvalue weighted by Gasteiger charge is 2.14. The Kier molecular flexibility index (Phi) is 5.15. The molecule has 0 fully saturated rings. The van der Waals surface area contributed by atoms with Crippen LogP contribution in [0.25, 0.3) is 0 Å². The van der Waals surface area contributed by atoms with E-state index in [0.29, 0.717) is 5.92 Å². The Morgan fingerprint density at radius 3 is 2.33 bits per heavy atom. The maximum Gasteiger partial charge on any atom is 0.126 e. The van der Waals surface area contributed by atoms with Gasteiger partial charge in [0.2, 0.25) is 0 Å². The van der Waals surface area contributed by atoms with Crippen LogP contribution in [0, 0.1) is 5.92 Å². The maximum absolute atomic E-state index is 9.33. The molecule has 1 heterocycles. The molecule has 0 amide bonds. The van der Waals surface area contributed by atoms with Gasteiger partial charge in [0.1, 0.15) is 5.82 Å². The zero-order valence-corrected chi connectivity index (χ0v) is 12.2. The molecule has 1 unspecified atom stereocenters. The van der Waals surface area contributed by atoms with E-state index in [1.165, 1.54) is 5.56 Å². The van der Waals surface area contributed by atoms with Gasteiger partial charge in [-0.15, -0.1) is 0 Å². The molecule has 0 aliphatic heterocycles. The Morgan fingerprint density at radius 1 is 1.28 bits per heavy atom. The van der Waals surface area contributed by atoms with Crippen molar-refractivity contribution in [2.75, 3.05) is 11.9 Å². The minimum Gasteiger partial charge on any atom is -0.394 e. The average Bonchev–Trinajstić information content (AvgIpc) is 2.27. The number of pyridine rings is 1. The first-order valence-electron chi connectivity index (χ1n) is 6.67. The molecule has 0 aromatic carbocycles. The number of nitrogens with zero attached hydrogens (tertiary/aromatic N) is 1. The van der Waals surface area contributed by atoms with Crippen LogP contribution in [0.2, 0.25) is 0 Å². The quantitative estimate of drug-likeness (QED) is 0.843. The monoisotopic (exact) mass is 250 g/mol. The first-order chi connectivity index (χ1) is 8.32. The van der Waals surface area contributed by atoms with Crippen LogP contribution in [0.4, 0.5) is 5.82 Å². The van der Waals surface area contributed by atoms with Crippen molar-refractivity contribution in [2.24, 2.45) is 5.92 Å². The number of nitrogens with one attached hydrogen (secondary N) is 1.